The Bertz CT molecular complexity index is 1100. The first-order chi connectivity index (χ1) is 27.4. The van der Waals surface area contributed by atoms with Gasteiger partial charge in [-0.2, -0.15) is 0 Å². The maximum Gasteiger partial charge on any atom is 0.472 e. The van der Waals surface area contributed by atoms with Crippen molar-refractivity contribution in [2.75, 3.05) is 13.2 Å². The average Bonchev–Trinajstić information content (AvgIpc) is 3.19. The summed E-state index contributed by atoms with van der Waals surface area (Å²) in [5, 5.41) is 50.0. The largest absolute Gasteiger partial charge is 0.472 e. The topological polar surface area (TPSA) is 210 Å². The molecule has 13 nitrogen and oxygen atoms in total. The Morgan fingerprint density at radius 3 is 1.42 bits per heavy atom. The normalized spacial score (nSPS) is 22.9. The van der Waals surface area contributed by atoms with Crippen LogP contribution in [0.15, 0.2) is 24.3 Å². The highest BCUT2D eigenvalue weighted by Crippen LogP contribution is 2.47. The third kappa shape index (κ3) is 26.9. The summed E-state index contributed by atoms with van der Waals surface area (Å²) >= 11 is 0. The summed E-state index contributed by atoms with van der Waals surface area (Å²) in [4.78, 5) is 35.6. The minimum Gasteiger partial charge on any atom is -0.462 e. The molecule has 0 aromatic carbocycles. The van der Waals surface area contributed by atoms with E-state index in [-0.39, 0.29) is 12.8 Å². The molecular formula is C43H79O13P. The van der Waals surface area contributed by atoms with Crippen molar-refractivity contribution < 1.29 is 63.1 Å². The van der Waals surface area contributed by atoms with E-state index in [1.807, 2.05) is 12.2 Å². The van der Waals surface area contributed by atoms with E-state index in [0.717, 1.165) is 51.4 Å². The Balaban J connectivity index is 2.51. The molecule has 0 amide bonds. The number of phosphoric ester groups is 1. The van der Waals surface area contributed by atoms with Crippen molar-refractivity contribution in [2.24, 2.45) is 0 Å². The summed E-state index contributed by atoms with van der Waals surface area (Å²) in [6, 6.07) is 0. The lowest BCUT2D eigenvalue weighted by molar-refractivity contribution is -0.220. The molecule has 6 unspecified atom stereocenters. The van der Waals surface area contributed by atoms with E-state index in [2.05, 4.69) is 26.0 Å². The van der Waals surface area contributed by atoms with Crippen LogP contribution in [0.25, 0.3) is 0 Å². The van der Waals surface area contributed by atoms with Gasteiger partial charge in [-0.15, -0.1) is 0 Å². The van der Waals surface area contributed by atoms with Gasteiger partial charge in [0.2, 0.25) is 0 Å². The van der Waals surface area contributed by atoms with E-state index >= 15 is 0 Å². The van der Waals surface area contributed by atoms with E-state index < -0.39 is 75.7 Å². The molecule has 0 saturated heterocycles. The lowest BCUT2D eigenvalue weighted by Gasteiger charge is -2.41. The highest BCUT2D eigenvalue weighted by atomic mass is 31.2. The molecule has 1 saturated carbocycles. The van der Waals surface area contributed by atoms with Crippen LogP contribution in [0.2, 0.25) is 0 Å². The summed E-state index contributed by atoms with van der Waals surface area (Å²) in [5.41, 5.74) is 0. The van der Waals surface area contributed by atoms with Gasteiger partial charge in [-0.1, -0.05) is 141 Å². The second-order valence-corrected chi connectivity index (χ2v) is 16.9. The Hall–Kier alpha value is -1.67. The predicted molar refractivity (Wildman–Crippen MR) is 221 cm³/mol. The molecule has 1 rings (SSSR count). The van der Waals surface area contributed by atoms with Crippen molar-refractivity contribution in [3.63, 3.8) is 0 Å². The number of allylic oxidation sites excluding steroid dienone is 4. The van der Waals surface area contributed by atoms with Crippen LogP contribution in [-0.4, -0.2) is 98.3 Å². The minimum atomic E-state index is -5.12. The van der Waals surface area contributed by atoms with Crippen LogP contribution in [0, 0.1) is 0 Å². The van der Waals surface area contributed by atoms with Crippen LogP contribution < -0.4 is 0 Å². The molecule has 0 bridgehead atoms. The van der Waals surface area contributed by atoms with Crippen LogP contribution >= 0.6 is 7.82 Å². The first-order valence-corrected chi connectivity index (χ1v) is 23.6. The first kappa shape index (κ1) is 53.3. The van der Waals surface area contributed by atoms with E-state index in [0.29, 0.717) is 12.8 Å². The second-order valence-electron chi connectivity index (χ2n) is 15.5. The number of hydrogen-bond acceptors (Lipinski definition) is 12. The van der Waals surface area contributed by atoms with Gasteiger partial charge in [0.25, 0.3) is 0 Å². The molecule has 8 atom stereocenters. The van der Waals surface area contributed by atoms with Crippen molar-refractivity contribution >= 4 is 19.8 Å². The molecule has 1 fully saturated rings. The number of ether oxygens (including phenoxy) is 2. The number of phosphoric acid groups is 1. The maximum atomic E-state index is 12.8. The quantitative estimate of drug-likeness (QED) is 0.0153. The Morgan fingerprint density at radius 1 is 0.526 bits per heavy atom. The SMILES string of the molecule is CCCCCC/C=C/CCCCCCCC(=O)OC[C@H](COP(=O)(O)OC1C(O)C(O)C(O)[C@@H](O)C1O)OC(=O)CC/C=C/CCCCCCCCCCCCC. The first-order valence-electron chi connectivity index (χ1n) is 22.1. The van der Waals surface area contributed by atoms with Crippen LogP contribution in [-0.2, 0) is 32.7 Å². The van der Waals surface area contributed by atoms with Crippen LogP contribution in [0.4, 0.5) is 0 Å². The van der Waals surface area contributed by atoms with Gasteiger partial charge in [0.15, 0.2) is 6.10 Å². The number of aliphatic hydroxyl groups excluding tert-OH is 5. The van der Waals surface area contributed by atoms with Gasteiger partial charge in [-0.25, -0.2) is 4.57 Å². The molecule has 1 aliphatic rings. The number of aliphatic hydroxyl groups is 5. The molecule has 14 heteroatoms. The number of carbonyl (C=O) groups is 2. The summed E-state index contributed by atoms with van der Waals surface area (Å²) in [5.74, 6) is -1.16. The Labute approximate surface area is 343 Å². The van der Waals surface area contributed by atoms with Crippen LogP contribution in [0.5, 0.6) is 0 Å². The highest BCUT2D eigenvalue weighted by molar-refractivity contribution is 7.47. The van der Waals surface area contributed by atoms with Gasteiger partial charge in [-0.05, 0) is 51.4 Å². The maximum absolute atomic E-state index is 12.8. The van der Waals surface area contributed by atoms with E-state index in [1.54, 1.807) is 0 Å². The molecule has 1 aliphatic carbocycles. The Kier molecular flexibility index (Phi) is 31.9. The monoisotopic (exact) mass is 835 g/mol. The number of esters is 2. The fourth-order valence-corrected chi connectivity index (χ4v) is 7.62. The van der Waals surface area contributed by atoms with Gasteiger partial charge in [0.1, 0.15) is 43.2 Å². The molecule has 6 N–H and O–H groups in total. The van der Waals surface area contributed by atoms with Crippen LogP contribution in [0.3, 0.4) is 0 Å². The molecule has 0 radical (unpaired) electrons. The van der Waals surface area contributed by atoms with Gasteiger partial charge < -0.3 is 39.9 Å². The number of rotatable bonds is 36. The number of hydrogen-bond donors (Lipinski definition) is 6. The third-order valence-electron chi connectivity index (χ3n) is 10.3. The molecule has 0 heterocycles. The van der Waals surface area contributed by atoms with E-state index in [1.165, 1.54) is 89.9 Å². The number of unbranched alkanes of at least 4 members (excludes halogenated alkanes) is 20. The lowest BCUT2D eigenvalue weighted by atomic mass is 9.85. The molecule has 334 valence electrons. The minimum absolute atomic E-state index is 0.0137. The van der Waals surface area contributed by atoms with Gasteiger partial charge in [-0.3, -0.25) is 18.6 Å². The van der Waals surface area contributed by atoms with Gasteiger partial charge in [0, 0.05) is 12.8 Å². The van der Waals surface area contributed by atoms with Crippen molar-refractivity contribution in [1.29, 1.82) is 0 Å². The van der Waals surface area contributed by atoms with Gasteiger partial charge in [0.05, 0.1) is 6.61 Å². The molecular weight excluding hydrogens is 755 g/mol. The van der Waals surface area contributed by atoms with Crippen molar-refractivity contribution in [2.45, 2.75) is 224 Å². The zero-order valence-electron chi connectivity index (χ0n) is 35.1. The zero-order valence-corrected chi connectivity index (χ0v) is 36.0. The molecule has 0 spiro atoms. The zero-order chi connectivity index (χ0) is 42.2. The fraction of sp³-hybridized carbons (Fsp3) is 0.860. The summed E-state index contributed by atoms with van der Waals surface area (Å²) in [6.45, 7) is 3.24. The lowest BCUT2D eigenvalue weighted by Crippen LogP contribution is -2.64. The summed E-state index contributed by atoms with van der Waals surface area (Å²) in [7, 11) is -5.12. The molecule has 0 aromatic rings. The molecule has 0 aromatic heterocycles. The predicted octanol–water partition coefficient (Wildman–Crippen LogP) is 8.06. The van der Waals surface area contributed by atoms with Gasteiger partial charge >= 0.3 is 19.8 Å². The van der Waals surface area contributed by atoms with E-state index in [4.69, 9.17) is 18.5 Å². The van der Waals surface area contributed by atoms with Crippen LogP contribution in [0.1, 0.15) is 181 Å². The number of carbonyl (C=O) groups excluding carboxylic acids is 2. The van der Waals surface area contributed by atoms with Crippen molar-refractivity contribution in [3.05, 3.63) is 24.3 Å². The standard InChI is InChI=1S/C43H79O13P/c1-3-5-7-9-11-13-15-17-18-20-22-24-26-28-30-32-37(45)55-35(34-54-57(51,52)56-43-41(49)39(47)38(46)40(48)42(43)50)33-53-36(44)31-29-27-25-23-21-19-16-14-12-10-8-6-4-2/h14,16,26,28,35,38-43,46-50H,3-13,15,17-25,27,29-34H2,1-2H3,(H,51,52)/b16-14+,28-26+/t35-,38?,39-,40?,41?,42?,43?/m1/s1. The highest BCUT2D eigenvalue weighted by Gasteiger charge is 2.51. The third-order valence-corrected chi connectivity index (χ3v) is 11.3. The van der Waals surface area contributed by atoms with Crippen molar-refractivity contribution in [1.82, 2.24) is 0 Å². The second kappa shape index (κ2) is 34.1. The molecule has 57 heavy (non-hydrogen) atoms. The smallest absolute Gasteiger partial charge is 0.462 e. The fourth-order valence-electron chi connectivity index (χ4n) is 6.65. The van der Waals surface area contributed by atoms with E-state index in [9.17, 15) is 44.6 Å². The Morgan fingerprint density at radius 2 is 0.930 bits per heavy atom. The van der Waals surface area contributed by atoms with Crippen molar-refractivity contribution in [3.8, 4) is 0 Å². The molecule has 0 aliphatic heterocycles. The summed E-state index contributed by atoms with van der Waals surface area (Å²) in [6.07, 6.45) is 22.5. The summed E-state index contributed by atoms with van der Waals surface area (Å²) < 4.78 is 33.4. The average molecular weight is 835 g/mol.